The van der Waals surface area contributed by atoms with Crippen molar-refractivity contribution in [2.45, 2.75) is 6.10 Å². The number of amides is 1. The van der Waals surface area contributed by atoms with Gasteiger partial charge < -0.3 is 15.4 Å². The van der Waals surface area contributed by atoms with Crippen molar-refractivity contribution in [3.8, 4) is 11.1 Å². The zero-order valence-electron chi connectivity index (χ0n) is 12.7. The SMILES string of the molecule is O=C(NCC(O)c1ccccc1)c1cc(-c2ccnc(Cl)c2)c[nH]1. The van der Waals surface area contributed by atoms with E-state index >= 15 is 0 Å². The number of nitrogens with zero attached hydrogens (tertiary/aromatic N) is 1. The second-order valence-electron chi connectivity index (χ2n) is 5.31. The summed E-state index contributed by atoms with van der Waals surface area (Å²) in [5.41, 5.74) is 2.89. The number of halogens is 1. The summed E-state index contributed by atoms with van der Waals surface area (Å²) in [6.45, 7) is 0.137. The van der Waals surface area contributed by atoms with E-state index in [0.717, 1.165) is 16.7 Å². The second kappa shape index (κ2) is 7.29. The van der Waals surface area contributed by atoms with Gasteiger partial charge >= 0.3 is 0 Å². The molecule has 1 amide bonds. The van der Waals surface area contributed by atoms with Gasteiger partial charge in [-0.25, -0.2) is 4.98 Å². The number of aromatic amines is 1. The molecule has 5 nitrogen and oxygen atoms in total. The van der Waals surface area contributed by atoms with Gasteiger partial charge in [0, 0.05) is 24.5 Å². The van der Waals surface area contributed by atoms with E-state index in [1.807, 2.05) is 36.4 Å². The summed E-state index contributed by atoms with van der Waals surface area (Å²) in [5.74, 6) is -0.281. The highest BCUT2D eigenvalue weighted by molar-refractivity contribution is 6.29. The molecule has 122 valence electrons. The number of carbonyl (C=O) groups excluding carboxylic acids is 1. The standard InChI is InChI=1S/C18H16ClN3O2/c19-17-9-13(6-7-20-17)14-8-15(21-10-14)18(24)22-11-16(23)12-4-2-1-3-5-12/h1-10,16,21,23H,11H2,(H,22,24). The fourth-order valence-corrected chi connectivity index (χ4v) is 2.53. The summed E-state index contributed by atoms with van der Waals surface area (Å²) in [6, 6.07) is 14.5. The molecule has 2 aromatic heterocycles. The smallest absolute Gasteiger partial charge is 0.267 e. The number of rotatable bonds is 5. The first-order chi connectivity index (χ1) is 11.6. The van der Waals surface area contributed by atoms with Crippen molar-refractivity contribution in [1.29, 1.82) is 0 Å². The molecule has 6 heteroatoms. The topological polar surface area (TPSA) is 78.0 Å². The van der Waals surface area contributed by atoms with Crippen molar-refractivity contribution in [3.05, 3.63) is 77.3 Å². The second-order valence-corrected chi connectivity index (χ2v) is 5.69. The minimum absolute atomic E-state index is 0.137. The van der Waals surface area contributed by atoms with E-state index in [2.05, 4.69) is 15.3 Å². The van der Waals surface area contributed by atoms with Crippen molar-refractivity contribution < 1.29 is 9.90 Å². The third kappa shape index (κ3) is 3.82. The molecule has 0 radical (unpaired) electrons. The van der Waals surface area contributed by atoms with Crippen LogP contribution in [0.4, 0.5) is 0 Å². The van der Waals surface area contributed by atoms with Gasteiger partial charge in [-0.05, 0) is 29.3 Å². The first-order valence-electron chi connectivity index (χ1n) is 7.45. The van der Waals surface area contributed by atoms with E-state index in [1.54, 1.807) is 24.5 Å². The lowest BCUT2D eigenvalue weighted by Crippen LogP contribution is -2.28. The Kier molecular flexibility index (Phi) is 4.93. The summed E-state index contributed by atoms with van der Waals surface area (Å²) in [7, 11) is 0. The molecule has 3 N–H and O–H groups in total. The van der Waals surface area contributed by atoms with E-state index in [1.165, 1.54) is 0 Å². The van der Waals surface area contributed by atoms with E-state index in [4.69, 9.17) is 11.6 Å². The molecule has 0 saturated heterocycles. The number of hydrogen-bond donors (Lipinski definition) is 3. The molecule has 1 aromatic carbocycles. The van der Waals surface area contributed by atoms with Gasteiger partial charge in [-0.2, -0.15) is 0 Å². The van der Waals surface area contributed by atoms with Crippen LogP contribution in [0.25, 0.3) is 11.1 Å². The Bertz CT molecular complexity index is 833. The van der Waals surface area contributed by atoms with Crippen LogP contribution >= 0.6 is 11.6 Å². The molecule has 0 saturated carbocycles. The van der Waals surface area contributed by atoms with Gasteiger partial charge in [0.25, 0.3) is 5.91 Å². The molecule has 0 aliphatic rings. The summed E-state index contributed by atoms with van der Waals surface area (Å²) in [5, 5.41) is 13.2. The Morgan fingerprint density at radius 1 is 1.21 bits per heavy atom. The van der Waals surface area contributed by atoms with E-state index < -0.39 is 6.10 Å². The van der Waals surface area contributed by atoms with Crippen LogP contribution in [-0.4, -0.2) is 27.5 Å². The summed E-state index contributed by atoms with van der Waals surface area (Å²) in [4.78, 5) is 19.1. The number of aliphatic hydroxyl groups is 1. The monoisotopic (exact) mass is 341 g/mol. The maximum Gasteiger partial charge on any atom is 0.267 e. The summed E-state index contributed by atoms with van der Waals surface area (Å²) in [6.07, 6.45) is 2.60. The number of pyridine rings is 1. The number of hydrogen-bond acceptors (Lipinski definition) is 3. The minimum Gasteiger partial charge on any atom is -0.387 e. The quantitative estimate of drug-likeness (QED) is 0.624. The molecular formula is C18H16ClN3O2. The first kappa shape index (κ1) is 16.2. The number of carbonyl (C=O) groups is 1. The van der Waals surface area contributed by atoms with Crippen molar-refractivity contribution in [2.75, 3.05) is 6.54 Å². The third-order valence-corrected chi connectivity index (χ3v) is 3.83. The number of benzene rings is 1. The molecule has 2 heterocycles. The Morgan fingerprint density at radius 3 is 2.75 bits per heavy atom. The normalized spacial score (nSPS) is 11.9. The van der Waals surface area contributed by atoms with Crippen molar-refractivity contribution >= 4 is 17.5 Å². The molecule has 1 atom stereocenters. The van der Waals surface area contributed by atoms with Crippen LogP contribution in [0.15, 0.2) is 60.9 Å². The zero-order chi connectivity index (χ0) is 16.9. The maximum absolute atomic E-state index is 12.2. The van der Waals surface area contributed by atoms with Crippen LogP contribution in [0.2, 0.25) is 5.15 Å². The van der Waals surface area contributed by atoms with E-state index in [0.29, 0.717) is 10.8 Å². The van der Waals surface area contributed by atoms with Gasteiger partial charge in [0.15, 0.2) is 0 Å². The van der Waals surface area contributed by atoms with Crippen LogP contribution < -0.4 is 5.32 Å². The predicted octanol–water partition coefficient (Wildman–Crippen LogP) is 3.19. The summed E-state index contributed by atoms with van der Waals surface area (Å²) < 4.78 is 0. The predicted molar refractivity (Wildman–Crippen MR) is 92.8 cm³/mol. The van der Waals surface area contributed by atoms with Gasteiger partial charge in [0.2, 0.25) is 0 Å². The Balaban J connectivity index is 1.64. The number of nitrogens with one attached hydrogen (secondary N) is 2. The van der Waals surface area contributed by atoms with E-state index in [9.17, 15) is 9.90 Å². The van der Waals surface area contributed by atoms with Crippen LogP contribution in [0.5, 0.6) is 0 Å². The lowest BCUT2D eigenvalue weighted by molar-refractivity contribution is 0.0912. The van der Waals surface area contributed by atoms with Crippen molar-refractivity contribution in [1.82, 2.24) is 15.3 Å². The highest BCUT2D eigenvalue weighted by Crippen LogP contribution is 2.22. The van der Waals surface area contributed by atoms with Gasteiger partial charge in [-0.3, -0.25) is 4.79 Å². The molecular weight excluding hydrogens is 326 g/mol. The number of H-pyrrole nitrogens is 1. The zero-order valence-corrected chi connectivity index (χ0v) is 13.5. The fourth-order valence-electron chi connectivity index (χ4n) is 2.35. The molecule has 1 unspecified atom stereocenters. The maximum atomic E-state index is 12.2. The Hall–Kier alpha value is -2.63. The highest BCUT2D eigenvalue weighted by Gasteiger charge is 2.13. The fraction of sp³-hybridized carbons (Fsp3) is 0.111. The molecule has 0 fully saturated rings. The van der Waals surface area contributed by atoms with Crippen LogP contribution in [0.3, 0.4) is 0 Å². The van der Waals surface area contributed by atoms with E-state index in [-0.39, 0.29) is 12.5 Å². The van der Waals surface area contributed by atoms with Crippen LogP contribution in [0.1, 0.15) is 22.2 Å². The number of aromatic nitrogens is 2. The molecule has 24 heavy (non-hydrogen) atoms. The van der Waals surface area contributed by atoms with Gasteiger partial charge in [-0.15, -0.1) is 0 Å². The Morgan fingerprint density at radius 2 is 2.00 bits per heavy atom. The summed E-state index contributed by atoms with van der Waals surface area (Å²) >= 11 is 5.88. The molecule has 0 spiro atoms. The van der Waals surface area contributed by atoms with Crippen molar-refractivity contribution in [3.63, 3.8) is 0 Å². The first-order valence-corrected chi connectivity index (χ1v) is 7.83. The van der Waals surface area contributed by atoms with Crippen molar-refractivity contribution in [2.24, 2.45) is 0 Å². The Labute approximate surface area is 144 Å². The lowest BCUT2D eigenvalue weighted by atomic mass is 10.1. The third-order valence-electron chi connectivity index (χ3n) is 3.63. The van der Waals surface area contributed by atoms with Gasteiger partial charge in [-0.1, -0.05) is 41.9 Å². The van der Waals surface area contributed by atoms with Crippen LogP contribution in [-0.2, 0) is 0 Å². The van der Waals surface area contributed by atoms with Crippen LogP contribution in [0, 0.1) is 0 Å². The largest absolute Gasteiger partial charge is 0.387 e. The molecule has 3 rings (SSSR count). The number of aliphatic hydroxyl groups excluding tert-OH is 1. The minimum atomic E-state index is -0.747. The highest BCUT2D eigenvalue weighted by atomic mass is 35.5. The average molecular weight is 342 g/mol. The lowest BCUT2D eigenvalue weighted by Gasteiger charge is -2.11. The van der Waals surface area contributed by atoms with Gasteiger partial charge in [0.1, 0.15) is 10.8 Å². The molecule has 0 bridgehead atoms. The molecule has 0 aliphatic carbocycles. The van der Waals surface area contributed by atoms with Gasteiger partial charge in [0.05, 0.1) is 6.10 Å². The average Bonchev–Trinajstić information content (AvgIpc) is 3.10. The molecule has 3 aromatic rings. The molecule has 0 aliphatic heterocycles.